The number of carbonyl (C=O) groups is 1. The maximum atomic E-state index is 11.4. The zero-order valence-electron chi connectivity index (χ0n) is 11.3. The fraction of sp³-hybridized carbons (Fsp3) is 0.462. The molecule has 0 unspecified atom stereocenters. The molecule has 2 aromatic heterocycles. The van der Waals surface area contributed by atoms with Crippen LogP contribution in [0.5, 0.6) is 0 Å². The van der Waals surface area contributed by atoms with E-state index in [-0.39, 0.29) is 23.1 Å². The third-order valence-electron chi connectivity index (χ3n) is 3.77. The summed E-state index contributed by atoms with van der Waals surface area (Å²) in [5.41, 5.74) is 0.561. The normalized spacial score (nSPS) is 18.9. The van der Waals surface area contributed by atoms with Gasteiger partial charge in [0.05, 0.1) is 11.5 Å². The smallest absolute Gasteiger partial charge is 0.354 e. The quantitative estimate of drug-likeness (QED) is 0.899. The first-order chi connectivity index (χ1) is 9.94. The highest BCUT2D eigenvalue weighted by Crippen LogP contribution is 2.22. The van der Waals surface area contributed by atoms with Crippen LogP contribution in [0.4, 0.5) is 0 Å². The molecule has 1 aliphatic rings. The highest BCUT2D eigenvalue weighted by Gasteiger charge is 2.25. The van der Waals surface area contributed by atoms with Crippen LogP contribution in [0.3, 0.4) is 0 Å². The van der Waals surface area contributed by atoms with Crippen LogP contribution < -0.4 is 0 Å². The van der Waals surface area contributed by atoms with Gasteiger partial charge in [0, 0.05) is 6.42 Å². The molecule has 1 fully saturated rings. The van der Waals surface area contributed by atoms with Crippen molar-refractivity contribution >= 4 is 21.5 Å². The van der Waals surface area contributed by atoms with Gasteiger partial charge in [0.25, 0.3) is 0 Å². The largest absolute Gasteiger partial charge is 0.477 e. The Morgan fingerprint density at radius 3 is 2.71 bits per heavy atom. The molecule has 0 radical (unpaired) electrons. The molecule has 0 amide bonds. The standard InChI is InChI=1S/C13H15N3O4S/c17-13(18)10-2-1-3-12-14-11(15-16(10)12)8-9-4-6-21(19,20)7-5-9/h1-3,9H,4-8H2,(H,17,18). The molecule has 8 heteroatoms. The van der Waals surface area contributed by atoms with Gasteiger partial charge in [-0.15, -0.1) is 0 Å². The molecule has 1 saturated heterocycles. The number of carboxylic acid groups (broad SMARTS) is 1. The first-order valence-electron chi connectivity index (χ1n) is 6.73. The van der Waals surface area contributed by atoms with Gasteiger partial charge >= 0.3 is 5.97 Å². The lowest BCUT2D eigenvalue weighted by Crippen LogP contribution is -2.24. The van der Waals surface area contributed by atoms with Crippen LogP contribution in [0, 0.1) is 5.92 Å². The van der Waals surface area contributed by atoms with Gasteiger partial charge in [-0.2, -0.15) is 5.10 Å². The summed E-state index contributed by atoms with van der Waals surface area (Å²) < 4.78 is 24.1. The molecule has 7 nitrogen and oxygen atoms in total. The van der Waals surface area contributed by atoms with Crippen molar-refractivity contribution in [2.75, 3.05) is 11.5 Å². The maximum Gasteiger partial charge on any atom is 0.354 e. The van der Waals surface area contributed by atoms with E-state index in [1.165, 1.54) is 10.6 Å². The summed E-state index contributed by atoms with van der Waals surface area (Å²) in [6, 6.07) is 4.81. The van der Waals surface area contributed by atoms with Crippen molar-refractivity contribution in [2.45, 2.75) is 19.3 Å². The summed E-state index contributed by atoms with van der Waals surface area (Å²) in [6.45, 7) is 0. The van der Waals surface area contributed by atoms with E-state index in [0.29, 0.717) is 30.7 Å². The Hall–Kier alpha value is -1.96. The van der Waals surface area contributed by atoms with Gasteiger partial charge < -0.3 is 5.11 Å². The number of aromatic nitrogens is 3. The second-order valence-corrected chi connectivity index (χ2v) is 7.62. The monoisotopic (exact) mass is 309 g/mol. The molecule has 0 atom stereocenters. The first-order valence-corrected chi connectivity index (χ1v) is 8.55. The number of nitrogens with zero attached hydrogens (tertiary/aromatic N) is 3. The van der Waals surface area contributed by atoms with E-state index >= 15 is 0 Å². The minimum Gasteiger partial charge on any atom is -0.477 e. The van der Waals surface area contributed by atoms with E-state index in [0.717, 1.165) is 0 Å². The molecule has 0 aliphatic carbocycles. The topological polar surface area (TPSA) is 102 Å². The Morgan fingerprint density at radius 2 is 2.05 bits per heavy atom. The van der Waals surface area contributed by atoms with Crippen molar-refractivity contribution < 1.29 is 18.3 Å². The summed E-state index contributed by atoms with van der Waals surface area (Å²) in [4.78, 5) is 15.5. The van der Waals surface area contributed by atoms with E-state index in [1.54, 1.807) is 12.1 Å². The Morgan fingerprint density at radius 1 is 1.33 bits per heavy atom. The maximum absolute atomic E-state index is 11.4. The number of sulfone groups is 1. The summed E-state index contributed by atoms with van der Waals surface area (Å²) in [5.74, 6) is 0.171. The summed E-state index contributed by atoms with van der Waals surface area (Å²) >= 11 is 0. The highest BCUT2D eigenvalue weighted by molar-refractivity contribution is 7.91. The number of pyridine rings is 1. The third-order valence-corrected chi connectivity index (χ3v) is 5.48. The number of hydrogen-bond acceptors (Lipinski definition) is 5. The predicted octanol–water partition coefficient (Wildman–Crippen LogP) is 0.795. The SMILES string of the molecule is O=C(O)c1cccc2nc(CC3CCS(=O)(=O)CC3)nn12. The van der Waals surface area contributed by atoms with Gasteiger partial charge in [-0.3, -0.25) is 0 Å². The molecule has 21 heavy (non-hydrogen) atoms. The Labute approximate surface area is 121 Å². The molecule has 2 aromatic rings. The number of aromatic carboxylic acids is 1. The summed E-state index contributed by atoms with van der Waals surface area (Å²) in [6.07, 6.45) is 1.81. The number of fused-ring (bicyclic) bond motifs is 1. The van der Waals surface area contributed by atoms with Crippen LogP contribution in [0.1, 0.15) is 29.2 Å². The zero-order valence-corrected chi connectivity index (χ0v) is 12.1. The lowest BCUT2D eigenvalue weighted by Gasteiger charge is -2.20. The third kappa shape index (κ3) is 2.90. The van der Waals surface area contributed by atoms with Crippen LogP contribution in [0.2, 0.25) is 0 Å². The van der Waals surface area contributed by atoms with Crippen LogP contribution >= 0.6 is 0 Å². The molecule has 0 saturated carbocycles. The lowest BCUT2D eigenvalue weighted by atomic mass is 9.99. The van der Waals surface area contributed by atoms with Crippen LogP contribution in [0.15, 0.2) is 18.2 Å². The highest BCUT2D eigenvalue weighted by atomic mass is 32.2. The average molecular weight is 309 g/mol. The molecule has 1 aliphatic heterocycles. The van der Waals surface area contributed by atoms with Crippen LogP contribution in [0.25, 0.3) is 5.65 Å². The predicted molar refractivity (Wildman–Crippen MR) is 75.0 cm³/mol. The molecule has 0 spiro atoms. The summed E-state index contributed by atoms with van der Waals surface area (Å²) in [7, 11) is -2.87. The Bertz CT molecular complexity index is 783. The van der Waals surface area contributed by atoms with E-state index in [9.17, 15) is 13.2 Å². The first kappa shape index (κ1) is 14.0. The second kappa shape index (κ2) is 5.10. The van der Waals surface area contributed by atoms with Gasteiger partial charge in [-0.25, -0.2) is 22.7 Å². The molecule has 1 N–H and O–H groups in total. The summed E-state index contributed by atoms with van der Waals surface area (Å²) in [5, 5.41) is 13.4. The van der Waals surface area contributed by atoms with E-state index in [2.05, 4.69) is 10.1 Å². The minimum absolute atomic E-state index is 0.0671. The van der Waals surface area contributed by atoms with Crippen molar-refractivity contribution in [3.8, 4) is 0 Å². The Kier molecular flexibility index (Phi) is 3.40. The van der Waals surface area contributed by atoms with Gasteiger partial charge in [-0.05, 0) is 30.9 Å². The van der Waals surface area contributed by atoms with Gasteiger partial charge in [0.2, 0.25) is 0 Å². The Balaban J connectivity index is 1.82. The minimum atomic E-state index is -2.87. The van der Waals surface area contributed by atoms with E-state index in [1.807, 2.05) is 0 Å². The molecule has 3 heterocycles. The number of rotatable bonds is 3. The van der Waals surface area contributed by atoms with Crippen molar-refractivity contribution in [2.24, 2.45) is 5.92 Å². The number of carboxylic acids is 1. The van der Waals surface area contributed by atoms with Crippen molar-refractivity contribution in [1.29, 1.82) is 0 Å². The van der Waals surface area contributed by atoms with Gasteiger partial charge in [-0.1, -0.05) is 6.07 Å². The molecule has 112 valence electrons. The lowest BCUT2D eigenvalue weighted by molar-refractivity contribution is 0.0687. The molecule has 3 rings (SSSR count). The van der Waals surface area contributed by atoms with Crippen LogP contribution in [-0.2, 0) is 16.3 Å². The zero-order chi connectivity index (χ0) is 15.0. The van der Waals surface area contributed by atoms with Gasteiger partial charge in [0.15, 0.2) is 17.2 Å². The molecule has 0 aromatic carbocycles. The van der Waals surface area contributed by atoms with Crippen molar-refractivity contribution in [3.63, 3.8) is 0 Å². The van der Waals surface area contributed by atoms with E-state index < -0.39 is 15.8 Å². The van der Waals surface area contributed by atoms with Gasteiger partial charge in [0.1, 0.15) is 9.84 Å². The van der Waals surface area contributed by atoms with E-state index in [4.69, 9.17) is 5.11 Å². The average Bonchev–Trinajstić information content (AvgIpc) is 2.83. The fourth-order valence-corrected chi connectivity index (χ4v) is 4.19. The van der Waals surface area contributed by atoms with Crippen LogP contribution in [-0.4, -0.2) is 45.6 Å². The van der Waals surface area contributed by atoms with Crippen molar-refractivity contribution in [1.82, 2.24) is 14.6 Å². The molecular formula is C13H15N3O4S. The second-order valence-electron chi connectivity index (χ2n) is 5.31. The fourth-order valence-electron chi connectivity index (χ4n) is 2.60. The van der Waals surface area contributed by atoms with Crippen molar-refractivity contribution in [3.05, 3.63) is 29.7 Å². The molecular weight excluding hydrogens is 294 g/mol. The number of hydrogen-bond donors (Lipinski definition) is 1. The molecule has 0 bridgehead atoms.